The van der Waals surface area contributed by atoms with Gasteiger partial charge in [0.25, 0.3) is 0 Å². The molecule has 0 aromatic carbocycles. The fourth-order valence-electron chi connectivity index (χ4n) is 0.992. The Labute approximate surface area is 80.0 Å². The van der Waals surface area contributed by atoms with Crippen molar-refractivity contribution in [2.45, 2.75) is 19.8 Å². The zero-order valence-electron chi connectivity index (χ0n) is 7.24. The molecule has 0 unspecified atom stereocenters. The predicted molar refractivity (Wildman–Crippen MR) is 50.3 cm³/mol. The van der Waals surface area contributed by atoms with Gasteiger partial charge in [-0.3, -0.25) is 9.59 Å². The average molecular weight is 198 g/mol. The van der Waals surface area contributed by atoms with E-state index in [2.05, 4.69) is 0 Å². The van der Waals surface area contributed by atoms with Crippen molar-refractivity contribution in [3.8, 4) is 0 Å². The SMILES string of the molecule is Cc1ccsc1C(=O)CCC(=O)O. The molecule has 13 heavy (non-hydrogen) atoms. The minimum atomic E-state index is -0.928. The van der Waals surface area contributed by atoms with Crippen LogP contribution in [0.15, 0.2) is 11.4 Å². The van der Waals surface area contributed by atoms with Gasteiger partial charge in [0.1, 0.15) is 0 Å². The second-order valence-electron chi connectivity index (χ2n) is 2.75. The smallest absolute Gasteiger partial charge is 0.303 e. The molecule has 0 aliphatic rings. The van der Waals surface area contributed by atoms with Crippen LogP contribution in [-0.2, 0) is 4.79 Å². The topological polar surface area (TPSA) is 54.4 Å². The van der Waals surface area contributed by atoms with E-state index >= 15 is 0 Å². The van der Waals surface area contributed by atoms with Crippen molar-refractivity contribution in [1.82, 2.24) is 0 Å². The monoisotopic (exact) mass is 198 g/mol. The summed E-state index contributed by atoms with van der Waals surface area (Å²) in [4.78, 5) is 22.3. The van der Waals surface area contributed by atoms with Crippen molar-refractivity contribution in [3.05, 3.63) is 21.9 Å². The van der Waals surface area contributed by atoms with Gasteiger partial charge < -0.3 is 5.11 Å². The van der Waals surface area contributed by atoms with E-state index in [1.54, 1.807) is 0 Å². The Morgan fingerprint density at radius 1 is 1.46 bits per heavy atom. The maximum Gasteiger partial charge on any atom is 0.303 e. The Kier molecular flexibility index (Phi) is 3.19. The number of carboxylic acids is 1. The van der Waals surface area contributed by atoms with E-state index in [0.717, 1.165) is 5.56 Å². The number of carbonyl (C=O) groups excluding carboxylic acids is 1. The van der Waals surface area contributed by atoms with Gasteiger partial charge in [-0.05, 0) is 23.9 Å². The second kappa shape index (κ2) is 4.18. The third-order valence-electron chi connectivity index (χ3n) is 1.68. The summed E-state index contributed by atoms with van der Waals surface area (Å²) >= 11 is 1.37. The van der Waals surface area contributed by atoms with Crippen molar-refractivity contribution < 1.29 is 14.7 Å². The molecule has 0 fully saturated rings. The van der Waals surface area contributed by atoms with E-state index in [0.29, 0.717) is 4.88 Å². The number of Topliss-reactive ketones (excluding diaryl/α,β-unsaturated/α-hetero) is 1. The maximum absolute atomic E-state index is 11.4. The number of aryl methyl sites for hydroxylation is 1. The Hall–Kier alpha value is -1.16. The van der Waals surface area contributed by atoms with E-state index in [1.165, 1.54) is 11.3 Å². The summed E-state index contributed by atoms with van der Waals surface area (Å²) in [6.45, 7) is 1.85. The van der Waals surface area contributed by atoms with E-state index in [-0.39, 0.29) is 18.6 Å². The third kappa shape index (κ3) is 2.66. The highest BCUT2D eigenvalue weighted by atomic mass is 32.1. The highest BCUT2D eigenvalue weighted by Gasteiger charge is 2.11. The van der Waals surface area contributed by atoms with Crippen molar-refractivity contribution in [3.63, 3.8) is 0 Å². The molecule has 0 aliphatic carbocycles. The Morgan fingerprint density at radius 2 is 2.15 bits per heavy atom. The summed E-state index contributed by atoms with van der Waals surface area (Å²) in [5, 5.41) is 10.2. The van der Waals surface area contributed by atoms with E-state index in [9.17, 15) is 9.59 Å². The molecule has 70 valence electrons. The van der Waals surface area contributed by atoms with Gasteiger partial charge in [-0.2, -0.15) is 0 Å². The molecule has 0 aliphatic heterocycles. The van der Waals surface area contributed by atoms with Crippen LogP contribution in [0.2, 0.25) is 0 Å². The summed E-state index contributed by atoms with van der Waals surface area (Å²) < 4.78 is 0. The van der Waals surface area contributed by atoms with Gasteiger partial charge in [0.05, 0.1) is 11.3 Å². The lowest BCUT2D eigenvalue weighted by molar-refractivity contribution is -0.136. The van der Waals surface area contributed by atoms with Crippen molar-refractivity contribution in [1.29, 1.82) is 0 Å². The van der Waals surface area contributed by atoms with Gasteiger partial charge in [-0.1, -0.05) is 0 Å². The molecule has 1 rings (SSSR count). The lowest BCUT2D eigenvalue weighted by Crippen LogP contribution is -2.02. The highest BCUT2D eigenvalue weighted by Crippen LogP contribution is 2.17. The second-order valence-corrected chi connectivity index (χ2v) is 3.67. The van der Waals surface area contributed by atoms with Crippen LogP contribution in [0.4, 0.5) is 0 Å². The third-order valence-corrected chi connectivity index (χ3v) is 2.74. The molecule has 0 saturated carbocycles. The van der Waals surface area contributed by atoms with E-state index in [1.807, 2.05) is 18.4 Å². The minimum Gasteiger partial charge on any atom is -0.481 e. The van der Waals surface area contributed by atoms with Crippen LogP contribution in [0.1, 0.15) is 28.1 Å². The molecule has 1 aromatic rings. The van der Waals surface area contributed by atoms with Crippen LogP contribution < -0.4 is 0 Å². The zero-order valence-corrected chi connectivity index (χ0v) is 8.06. The van der Waals surface area contributed by atoms with Gasteiger partial charge in [0.2, 0.25) is 0 Å². The minimum absolute atomic E-state index is 0.0742. The molecule has 0 radical (unpaired) electrons. The quantitative estimate of drug-likeness (QED) is 0.754. The summed E-state index contributed by atoms with van der Waals surface area (Å²) in [7, 11) is 0. The standard InChI is InChI=1S/C9H10O3S/c1-6-4-5-13-9(6)7(10)2-3-8(11)12/h4-5H,2-3H2,1H3,(H,11,12). The first-order valence-corrected chi connectivity index (χ1v) is 4.78. The Balaban J connectivity index is 2.59. The fourth-order valence-corrected chi connectivity index (χ4v) is 1.89. The van der Waals surface area contributed by atoms with Crippen LogP contribution >= 0.6 is 11.3 Å². The molecule has 0 bridgehead atoms. The summed E-state index contributed by atoms with van der Waals surface area (Å²) in [6, 6.07) is 1.86. The van der Waals surface area contributed by atoms with Crippen LogP contribution in [0.5, 0.6) is 0 Å². The number of hydrogen-bond acceptors (Lipinski definition) is 3. The van der Waals surface area contributed by atoms with Crippen LogP contribution in [0, 0.1) is 6.92 Å². The molecule has 0 atom stereocenters. The summed E-state index contributed by atoms with van der Waals surface area (Å²) in [6.07, 6.45) is 0.00681. The van der Waals surface area contributed by atoms with Gasteiger partial charge in [-0.15, -0.1) is 11.3 Å². The molecule has 0 amide bonds. The van der Waals surface area contributed by atoms with E-state index in [4.69, 9.17) is 5.11 Å². The molecule has 0 spiro atoms. The molecule has 1 heterocycles. The average Bonchev–Trinajstić information content (AvgIpc) is 2.47. The lowest BCUT2D eigenvalue weighted by atomic mass is 10.1. The largest absolute Gasteiger partial charge is 0.481 e. The molecular weight excluding hydrogens is 188 g/mol. The number of aliphatic carboxylic acids is 1. The van der Waals surface area contributed by atoms with Crippen molar-refractivity contribution in [2.75, 3.05) is 0 Å². The first kappa shape index (κ1) is 9.92. The first-order valence-electron chi connectivity index (χ1n) is 3.90. The number of ketones is 1. The molecule has 0 saturated heterocycles. The van der Waals surface area contributed by atoms with Gasteiger partial charge in [0.15, 0.2) is 5.78 Å². The van der Waals surface area contributed by atoms with Gasteiger partial charge in [-0.25, -0.2) is 0 Å². The normalized spacial score (nSPS) is 9.92. The Bertz CT molecular complexity index is 327. The number of carbonyl (C=O) groups is 2. The number of thiophene rings is 1. The first-order chi connectivity index (χ1) is 6.11. The van der Waals surface area contributed by atoms with Crippen molar-refractivity contribution in [2.24, 2.45) is 0 Å². The molecule has 3 nitrogen and oxygen atoms in total. The van der Waals surface area contributed by atoms with Crippen LogP contribution in [0.3, 0.4) is 0 Å². The fraction of sp³-hybridized carbons (Fsp3) is 0.333. The Morgan fingerprint density at radius 3 is 2.62 bits per heavy atom. The molecule has 1 aromatic heterocycles. The van der Waals surface area contributed by atoms with E-state index < -0.39 is 5.97 Å². The molecule has 1 N–H and O–H groups in total. The number of hydrogen-bond donors (Lipinski definition) is 1. The van der Waals surface area contributed by atoms with Gasteiger partial charge in [0, 0.05) is 6.42 Å². The maximum atomic E-state index is 11.4. The van der Waals surface area contributed by atoms with Crippen LogP contribution in [-0.4, -0.2) is 16.9 Å². The molecule has 4 heteroatoms. The van der Waals surface area contributed by atoms with Gasteiger partial charge >= 0.3 is 5.97 Å². The zero-order chi connectivity index (χ0) is 9.84. The lowest BCUT2D eigenvalue weighted by Gasteiger charge is -1.96. The molecular formula is C9H10O3S. The summed E-state index contributed by atoms with van der Waals surface area (Å²) in [5.41, 5.74) is 0.931. The van der Waals surface area contributed by atoms with Crippen molar-refractivity contribution >= 4 is 23.1 Å². The van der Waals surface area contributed by atoms with Crippen LogP contribution in [0.25, 0.3) is 0 Å². The number of carboxylic acid groups (broad SMARTS) is 1. The summed E-state index contributed by atoms with van der Waals surface area (Å²) in [5.74, 6) is -1.00. The number of rotatable bonds is 4. The highest BCUT2D eigenvalue weighted by molar-refractivity contribution is 7.12. The predicted octanol–water partition coefficient (Wildman–Crippen LogP) is 2.10.